The summed E-state index contributed by atoms with van der Waals surface area (Å²) in [5.74, 6) is -2.39. The number of carbonyl (C=O) groups is 1. The van der Waals surface area contributed by atoms with Crippen LogP contribution in [0, 0.1) is 0 Å². The van der Waals surface area contributed by atoms with Gasteiger partial charge in [0.15, 0.2) is 0 Å². The van der Waals surface area contributed by atoms with Gasteiger partial charge in [0.25, 0.3) is 0 Å². The van der Waals surface area contributed by atoms with Crippen molar-refractivity contribution in [2.75, 3.05) is 0 Å². The Labute approximate surface area is 79.3 Å². The quantitative estimate of drug-likeness (QED) is 0.542. The molecule has 8 heteroatoms. The Hall–Kier alpha value is -0.790. The Bertz CT molecular complexity index is 311. The Morgan fingerprint density at radius 3 is 2.21 bits per heavy atom. The van der Waals surface area contributed by atoms with Crippen LogP contribution in [0.1, 0.15) is 20.3 Å². The summed E-state index contributed by atoms with van der Waals surface area (Å²) < 4.78 is 60.3. The van der Waals surface area contributed by atoms with Crippen molar-refractivity contribution in [2.24, 2.45) is 0 Å². The highest BCUT2D eigenvalue weighted by Crippen LogP contribution is 2.25. The second-order valence-electron chi connectivity index (χ2n) is 2.58. The lowest BCUT2D eigenvalue weighted by Crippen LogP contribution is -2.38. The minimum atomic E-state index is -6.26. The summed E-state index contributed by atoms with van der Waals surface area (Å²) in [6.45, 7) is 2.80. The highest BCUT2D eigenvalue weighted by Gasteiger charge is 2.55. The summed E-state index contributed by atoms with van der Waals surface area (Å²) in [4.78, 5) is 10.5. The number of rotatable bonds is 4. The summed E-state index contributed by atoms with van der Waals surface area (Å²) in [5.41, 5.74) is 0. The maximum absolute atomic E-state index is 12.4. The number of hydrogen-bond acceptors (Lipinski definition) is 4. The van der Waals surface area contributed by atoms with Crippen LogP contribution in [0.15, 0.2) is 0 Å². The molecule has 0 saturated heterocycles. The summed E-state index contributed by atoms with van der Waals surface area (Å²) in [7, 11) is -6.26. The van der Waals surface area contributed by atoms with Gasteiger partial charge < -0.3 is 4.74 Å². The van der Waals surface area contributed by atoms with Crippen LogP contribution in [0.3, 0.4) is 0 Å². The zero-order chi connectivity index (χ0) is 11.6. The molecule has 1 unspecified atom stereocenters. The van der Waals surface area contributed by atoms with Crippen LogP contribution in [0.4, 0.5) is 12.7 Å². The van der Waals surface area contributed by atoms with Gasteiger partial charge in [-0.2, -0.15) is 17.2 Å². The Kier molecular flexibility index (Phi) is 3.92. The summed E-state index contributed by atoms with van der Waals surface area (Å²) in [5, 5.41) is -5.13. The van der Waals surface area contributed by atoms with Crippen LogP contribution in [0.5, 0.6) is 0 Å². The number of hydrogen-bond donors (Lipinski definition) is 0. The number of halogens is 3. The maximum atomic E-state index is 12.4. The van der Waals surface area contributed by atoms with Gasteiger partial charge in [-0.3, -0.25) is 0 Å². The largest absolute Gasteiger partial charge is 0.470 e. The molecular formula is C6H9F3O4S. The second-order valence-corrected chi connectivity index (χ2v) is 3.97. The number of carbonyl (C=O) groups excluding carboxylic acids is 1. The normalized spacial score (nSPS) is 14.9. The summed E-state index contributed by atoms with van der Waals surface area (Å²) in [6.07, 6.45) is -0.677. The van der Waals surface area contributed by atoms with Gasteiger partial charge in [0.1, 0.15) is 0 Å². The van der Waals surface area contributed by atoms with Crippen LogP contribution in [-0.4, -0.2) is 25.7 Å². The minimum absolute atomic E-state index is 0.216. The van der Waals surface area contributed by atoms with Gasteiger partial charge in [-0.05, 0) is 13.3 Å². The zero-order valence-corrected chi connectivity index (χ0v) is 8.28. The predicted octanol–water partition coefficient (Wildman–Crippen LogP) is 1.22. The van der Waals surface area contributed by atoms with E-state index in [4.69, 9.17) is 0 Å². The van der Waals surface area contributed by atoms with Crippen molar-refractivity contribution < 1.29 is 30.6 Å². The van der Waals surface area contributed by atoms with E-state index in [9.17, 15) is 25.9 Å². The van der Waals surface area contributed by atoms with Crippen LogP contribution in [-0.2, 0) is 19.8 Å². The molecule has 0 aliphatic rings. The topological polar surface area (TPSA) is 60.4 Å². The van der Waals surface area contributed by atoms with Crippen molar-refractivity contribution in [3.05, 3.63) is 0 Å². The third-order valence-electron chi connectivity index (χ3n) is 1.43. The molecule has 0 aromatic carbocycles. The molecule has 0 aliphatic carbocycles. The molecule has 0 radical (unpaired) electrons. The third-order valence-corrected chi connectivity index (χ3v) is 2.21. The SMILES string of the molecule is CCC(C)OC(=O)C(F)(F)S(=O)(=O)F. The molecule has 0 rings (SSSR count). The molecule has 0 amide bonds. The van der Waals surface area contributed by atoms with Crippen molar-refractivity contribution in [1.29, 1.82) is 0 Å². The molecule has 0 N–H and O–H groups in total. The van der Waals surface area contributed by atoms with Crippen molar-refractivity contribution >= 4 is 16.2 Å². The number of esters is 1. The fourth-order valence-electron chi connectivity index (χ4n) is 0.434. The monoisotopic (exact) mass is 234 g/mol. The van der Waals surface area contributed by atoms with E-state index in [0.717, 1.165) is 0 Å². The Morgan fingerprint density at radius 2 is 1.93 bits per heavy atom. The Balaban J connectivity index is 4.70. The van der Waals surface area contributed by atoms with Crippen LogP contribution in [0.2, 0.25) is 0 Å². The molecule has 0 bridgehead atoms. The number of alkyl halides is 2. The zero-order valence-electron chi connectivity index (χ0n) is 7.46. The lowest BCUT2D eigenvalue weighted by Gasteiger charge is -2.14. The molecule has 84 valence electrons. The van der Waals surface area contributed by atoms with Gasteiger partial charge in [0.2, 0.25) is 0 Å². The van der Waals surface area contributed by atoms with E-state index in [-0.39, 0.29) is 6.42 Å². The van der Waals surface area contributed by atoms with E-state index < -0.39 is 27.6 Å². The highest BCUT2D eigenvalue weighted by molar-refractivity contribution is 7.88. The van der Waals surface area contributed by atoms with Crippen molar-refractivity contribution in [2.45, 2.75) is 31.6 Å². The molecule has 4 nitrogen and oxygen atoms in total. The van der Waals surface area contributed by atoms with Gasteiger partial charge in [0.05, 0.1) is 6.10 Å². The van der Waals surface area contributed by atoms with E-state index in [2.05, 4.69) is 4.74 Å². The molecule has 0 spiro atoms. The molecule has 14 heavy (non-hydrogen) atoms. The minimum Gasteiger partial charge on any atom is -0.457 e. The highest BCUT2D eigenvalue weighted by atomic mass is 32.3. The smallest absolute Gasteiger partial charge is 0.457 e. The predicted molar refractivity (Wildman–Crippen MR) is 40.8 cm³/mol. The van der Waals surface area contributed by atoms with Gasteiger partial charge in [-0.15, -0.1) is 0 Å². The van der Waals surface area contributed by atoms with Gasteiger partial charge in [0, 0.05) is 0 Å². The van der Waals surface area contributed by atoms with Crippen molar-refractivity contribution in [1.82, 2.24) is 0 Å². The average Bonchev–Trinajstić information content (AvgIpc) is 2.01. The Morgan fingerprint density at radius 1 is 1.50 bits per heavy atom. The lowest BCUT2D eigenvalue weighted by atomic mass is 10.3. The summed E-state index contributed by atoms with van der Waals surface area (Å²) >= 11 is 0. The first kappa shape index (κ1) is 13.2. The molecule has 0 aromatic rings. The third kappa shape index (κ3) is 2.86. The molecule has 1 atom stereocenters. The van der Waals surface area contributed by atoms with Crippen LogP contribution in [0.25, 0.3) is 0 Å². The van der Waals surface area contributed by atoms with E-state index >= 15 is 0 Å². The van der Waals surface area contributed by atoms with Crippen LogP contribution >= 0.6 is 0 Å². The van der Waals surface area contributed by atoms with Crippen molar-refractivity contribution in [3.8, 4) is 0 Å². The van der Waals surface area contributed by atoms with Crippen molar-refractivity contribution in [3.63, 3.8) is 0 Å². The molecular weight excluding hydrogens is 225 g/mol. The van der Waals surface area contributed by atoms with Gasteiger partial charge >= 0.3 is 21.4 Å². The molecule has 0 saturated carbocycles. The average molecular weight is 234 g/mol. The van der Waals surface area contributed by atoms with Gasteiger partial charge in [-0.1, -0.05) is 10.8 Å². The summed E-state index contributed by atoms with van der Waals surface area (Å²) in [6, 6.07) is 0. The molecule has 0 aromatic heterocycles. The van der Waals surface area contributed by atoms with Gasteiger partial charge in [-0.25, -0.2) is 4.79 Å². The lowest BCUT2D eigenvalue weighted by molar-refractivity contribution is -0.166. The standard InChI is InChI=1S/C6H9F3O4S/c1-3-4(2)13-5(10)6(7,8)14(9,11)12/h4H,3H2,1-2H3. The molecule has 0 aliphatic heterocycles. The first-order valence-electron chi connectivity index (χ1n) is 3.66. The molecule has 0 heterocycles. The number of ether oxygens (including phenoxy) is 1. The van der Waals surface area contributed by atoms with E-state index in [1.165, 1.54) is 13.8 Å². The molecule has 0 fully saturated rings. The fraction of sp³-hybridized carbons (Fsp3) is 0.833. The van der Waals surface area contributed by atoms with E-state index in [1.807, 2.05) is 0 Å². The van der Waals surface area contributed by atoms with E-state index in [0.29, 0.717) is 0 Å². The first-order chi connectivity index (χ1) is 6.13. The van der Waals surface area contributed by atoms with Crippen LogP contribution < -0.4 is 0 Å². The van der Waals surface area contributed by atoms with E-state index in [1.54, 1.807) is 0 Å². The fourth-order valence-corrected chi connectivity index (χ4v) is 0.681. The maximum Gasteiger partial charge on any atom is 0.470 e. The first-order valence-corrected chi connectivity index (χ1v) is 5.04. The second kappa shape index (κ2) is 4.16.